The van der Waals surface area contributed by atoms with Crippen LogP contribution in [0.3, 0.4) is 0 Å². The first-order chi connectivity index (χ1) is 13.2. The van der Waals surface area contributed by atoms with Gasteiger partial charge in [0.2, 0.25) is 5.91 Å². The summed E-state index contributed by atoms with van der Waals surface area (Å²) >= 11 is 0. The van der Waals surface area contributed by atoms with Gasteiger partial charge in [-0.1, -0.05) is 66.7 Å². The van der Waals surface area contributed by atoms with Crippen molar-refractivity contribution in [1.82, 2.24) is 0 Å². The van der Waals surface area contributed by atoms with E-state index in [1.165, 1.54) is 0 Å². The van der Waals surface area contributed by atoms with Crippen LogP contribution in [0.4, 0.5) is 5.69 Å². The Kier molecular flexibility index (Phi) is 5.72. The summed E-state index contributed by atoms with van der Waals surface area (Å²) in [5, 5.41) is 3.07. The van der Waals surface area contributed by atoms with Gasteiger partial charge in [0.25, 0.3) is 0 Å². The average Bonchev–Trinajstić information content (AvgIpc) is 2.74. The average molecular weight is 357 g/mol. The summed E-state index contributed by atoms with van der Waals surface area (Å²) < 4.78 is 5.19. The summed E-state index contributed by atoms with van der Waals surface area (Å²) in [5.74, 6) is 0.654. The molecule has 0 aliphatic carbocycles. The molecule has 3 aromatic rings. The number of carbonyl (C=O) groups excluding carboxylic acids is 1. The van der Waals surface area contributed by atoms with Crippen LogP contribution in [-0.2, 0) is 10.2 Å². The molecule has 0 bridgehead atoms. The fourth-order valence-corrected chi connectivity index (χ4v) is 3.33. The molecule has 0 aromatic heterocycles. The second kappa shape index (κ2) is 8.37. The van der Waals surface area contributed by atoms with E-state index < -0.39 is 5.41 Å². The van der Waals surface area contributed by atoms with E-state index in [1.807, 2.05) is 84.9 Å². The molecule has 0 aliphatic heterocycles. The monoisotopic (exact) mass is 357 g/mol. The minimum atomic E-state index is -0.857. The van der Waals surface area contributed by atoms with Crippen molar-refractivity contribution in [2.75, 3.05) is 12.4 Å². The van der Waals surface area contributed by atoms with E-state index >= 15 is 0 Å². The van der Waals surface area contributed by atoms with E-state index in [0.29, 0.717) is 6.42 Å². The standard InChI is InChI=1S/C24H23NO2/c1-3-18-24(19-10-6-4-7-11-19,20-12-8-5-9-13-20)23(26)25-21-14-16-22(27-2)17-15-21/h3-17H,1,18H2,2H3,(H,25,26). The Morgan fingerprint density at radius 2 is 1.44 bits per heavy atom. The van der Waals surface area contributed by atoms with E-state index in [0.717, 1.165) is 22.6 Å². The summed E-state index contributed by atoms with van der Waals surface area (Å²) in [6.07, 6.45) is 2.29. The molecule has 3 nitrogen and oxygen atoms in total. The zero-order chi connectivity index (χ0) is 19.1. The maximum Gasteiger partial charge on any atom is 0.239 e. The predicted molar refractivity (Wildman–Crippen MR) is 110 cm³/mol. The SMILES string of the molecule is C=CCC(C(=O)Nc1ccc(OC)cc1)(c1ccccc1)c1ccccc1. The number of rotatable bonds is 7. The number of benzene rings is 3. The van der Waals surface area contributed by atoms with Crippen LogP contribution in [0.25, 0.3) is 0 Å². The van der Waals surface area contributed by atoms with E-state index in [9.17, 15) is 4.79 Å². The lowest BCUT2D eigenvalue weighted by molar-refractivity contribution is -0.120. The van der Waals surface area contributed by atoms with Gasteiger partial charge in [-0.15, -0.1) is 6.58 Å². The Morgan fingerprint density at radius 3 is 1.89 bits per heavy atom. The summed E-state index contributed by atoms with van der Waals surface area (Å²) in [4.78, 5) is 13.6. The van der Waals surface area contributed by atoms with Crippen LogP contribution >= 0.6 is 0 Å². The van der Waals surface area contributed by atoms with Crippen LogP contribution in [0.1, 0.15) is 17.5 Å². The number of allylic oxidation sites excluding steroid dienone is 1. The van der Waals surface area contributed by atoms with E-state index in [2.05, 4.69) is 11.9 Å². The molecular formula is C24H23NO2. The molecule has 3 rings (SSSR count). The topological polar surface area (TPSA) is 38.3 Å². The highest BCUT2D eigenvalue weighted by atomic mass is 16.5. The van der Waals surface area contributed by atoms with Gasteiger partial charge in [0.05, 0.1) is 7.11 Å². The third-order valence-electron chi connectivity index (χ3n) is 4.72. The summed E-state index contributed by atoms with van der Waals surface area (Å²) in [5.41, 5.74) is 1.73. The largest absolute Gasteiger partial charge is 0.497 e. The Balaban J connectivity index is 2.07. The van der Waals surface area contributed by atoms with Gasteiger partial charge in [0.15, 0.2) is 0 Å². The lowest BCUT2D eigenvalue weighted by Crippen LogP contribution is -2.41. The molecule has 0 heterocycles. The Bertz CT molecular complexity index is 847. The number of anilines is 1. The fourth-order valence-electron chi connectivity index (χ4n) is 3.33. The van der Waals surface area contributed by atoms with Gasteiger partial charge >= 0.3 is 0 Å². The molecule has 0 aliphatic rings. The molecule has 1 N–H and O–H groups in total. The quantitative estimate of drug-likeness (QED) is 0.591. The second-order valence-corrected chi connectivity index (χ2v) is 6.31. The minimum absolute atomic E-state index is 0.0926. The van der Waals surface area contributed by atoms with Gasteiger partial charge in [-0.25, -0.2) is 0 Å². The molecule has 0 saturated carbocycles. The minimum Gasteiger partial charge on any atom is -0.497 e. The number of amides is 1. The summed E-state index contributed by atoms with van der Waals surface area (Å²) in [7, 11) is 1.62. The van der Waals surface area contributed by atoms with Crippen molar-refractivity contribution in [3.8, 4) is 5.75 Å². The number of hydrogen-bond donors (Lipinski definition) is 1. The number of hydrogen-bond acceptors (Lipinski definition) is 2. The number of ether oxygens (including phenoxy) is 1. The highest BCUT2D eigenvalue weighted by molar-refractivity contribution is 6.02. The molecule has 27 heavy (non-hydrogen) atoms. The lowest BCUT2D eigenvalue weighted by Gasteiger charge is -2.33. The van der Waals surface area contributed by atoms with Crippen LogP contribution in [0, 0.1) is 0 Å². The van der Waals surface area contributed by atoms with Crippen LogP contribution in [0.2, 0.25) is 0 Å². The first-order valence-corrected chi connectivity index (χ1v) is 8.88. The van der Waals surface area contributed by atoms with Crippen LogP contribution in [-0.4, -0.2) is 13.0 Å². The maximum atomic E-state index is 13.6. The van der Waals surface area contributed by atoms with Gasteiger partial charge in [-0.2, -0.15) is 0 Å². The molecule has 0 saturated heterocycles. The third-order valence-corrected chi connectivity index (χ3v) is 4.72. The second-order valence-electron chi connectivity index (χ2n) is 6.31. The molecule has 1 amide bonds. The van der Waals surface area contributed by atoms with Gasteiger partial charge in [-0.3, -0.25) is 4.79 Å². The smallest absolute Gasteiger partial charge is 0.239 e. The van der Waals surface area contributed by atoms with Crippen molar-refractivity contribution in [2.45, 2.75) is 11.8 Å². The first kappa shape index (κ1) is 18.5. The van der Waals surface area contributed by atoms with Gasteiger partial charge in [0, 0.05) is 5.69 Å². The highest BCUT2D eigenvalue weighted by Crippen LogP contribution is 2.37. The number of methoxy groups -OCH3 is 1. The van der Waals surface area contributed by atoms with E-state index in [-0.39, 0.29) is 5.91 Å². The van der Waals surface area contributed by atoms with Crippen LogP contribution < -0.4 is 10.1 Å². The molecule has 3 aromatic carbocycles. The molecule has 0 fully saturated rings. The van der Waals surface area contributed by atoms with Crippen molar-refractivity contribution < 1.29 is 9.53 Å². The number of nitrogens with one attached hydrogen (secondary N) is 1. The molecule has 0 unspecified atom stereocenters. The van der Waals surface area contributed by atoms with Crippen LogP contribution in [0.15, 0.2) is 97.6 Å². The summed E-state index contributed by atoms with van der Waals surface area (Å²) in [6, 6.07) is 27.0. The van der Waals surface area contributed by atoms with Crippen molar-refractivity contribution in [3.63, 3.8) is 0 Å². The molecule has 0 radical (unpaired) electrons. The molecular weight excluding hydrogens is 334 g/mol. The van der Waals surface area contributed by atoms with E-state index in [4.69, 9.17) is 4.74 Å². The molecule has 136 valence electrons. The van der Waals surface area contributed by atoms with Crippen LogP contribution in [0.5, 0.6) is 5.75 Å². The van der Waals surface area contributed by atoms with Gasteiger partial charge < -0.3 is 10.1 Å². The third kappa shape index (κ3) is 3.77. The van der Waals surface area contributed by atoms with Crippen molar-refractivity contribution in [1.29, 1.82) is 0 Å². The zero-order valence-electron chi connectivity index (χ0n) is 15.4. The number of carbonyl (C=O) groups is 1. The van der Waals surface area contributed by atoms with Crippen molar-refractivity contribution >= 4 is 11.6 Å². The summed E-state index contributed by atoms with van der Waals surface area (Å²) in [6.45, 7) is 3.91. The molecule has 0 spiro atoms. The zero-order valence-corrected chi connectivity index (χ0v) is 15.4. The first-order valence-electron chi connectivity index (χ1n) is 8.88. The highest BCUT2D eigenvalue weighted by Gasteiger charge is 2.40. The Hall–Kier alpha value is -3.33. The molecule has 0 atom stereocenters. The Labute approximate surface area is 160 Å². The fraction of sp³-hybridized carbons (Fsp3) is 0.125. The van der Waals surface area contributed by atoms with E-state index in [1.54, 1.807) is 13.2 Å². The molecule has 3 heteroatoms. The van der Waals surface area contributed by atoms with Crippen molar-refractivity contribution in [2.24, 2.45) is 0 Å². The van der Waals surface area contributed by atoms with Gasteiger partial charge in [-0.05, 0) is 41.8 Å². The maximum absolute atomic E-state index is 13.6. The van der Waals surface area contributed by atoms with Crippen molar-refractivity contribution in [3.05, 3.63) is 109 Å². The lowest BCUT2D eigenvalue weighted by atomic mass is 9.71. The van der Waals surface area contributed by atoms with Gasteiger partial charge in [0.1, 0.15) is 11.2 Å². The Morgan fingerprint density at radius 1 is 0.926 bits per heavy atom. The predicted octanol–water partition coefficient (Wildman–Crippen LogP) is 5.20. The normalized spacial score (nSPS) is 10.9.